The lowest BCUT2D eigenvalue weighted by molar-refractivity contribution is 0.658. The van der Waals surface area contributed by atoms with Gasteiger partial charge in [-0.15, -0.1) is 0 Å². The number of pyridine rings is 1. The number of aromatic nitrogens is 3. The van der Waals surface area contributed by atoms with Gasteiger partial charge in [0.05, 0.1) is 11.0 Å². The molecule has 1 aromatic carbocycles. The minimum Gasteiger partial charge on any atom is -0.331 e. The number of benzene rings is 1. The van der Waals surface area contributed by atoms with E-state index in [1.54, 1.807) is 6.20 Å². The molecule has 0 saturated heterocycles. The average molecular weight is 266 g/mol. The highest BCUT2D eigenvalue weighted by molar-refractivity contribution is 5.75. The fourth-order valence-electron chi connectivity index (χ4n) is 2.57. The van der Waals surface area contributed by atoms with Gasteiger partial charge in [0.25, 0.3) is 0 Å². The first kappa shape index (κ1) is 12.8. The van der Waals surface area contributed by atoms with Crippen LogP contribution in [-0.4, -0.2) is 14.5 Å². The maximum atomic E-state index is 6.33. The third-order valence-corrected chi connectivity index (χ3v) is 3.73. The van der Waals surface area contributed by atoms with Crippen molar-refractivity contribution in [3.05, 3.63) is 59.7 Å². The van der Waals surface area contributed by atoms with E-state index in [-0.39, 0.29) is 6.04 Å². The lowest BCUT2D eigenvalue weighted by Gasteiger charge is -2.13. The zero-order valence-electron chi connectivity index (χ0n) is 11.7. The number of imidazole rings is 1. The number of aryl methyl sites for hydroxylation is 2. The van der Waals surface area contributed by atoms with Crippen LogP contribution in [0.5, 0.6) is 0 Å². The van der Waals surface area contributed by atoms with Gasteiger partial charge in [0.2, 0.25) is 0 Å². The summed E-state index contributed by atoms with van der Waals surface area (Å²) in [4.78, 5) is 8.97. The molecule has 3 rings (SSSR count). The van der Waals surface area contributed by atoms with Gasteiger partial charge in [-0.1, -0.05) is 18.2 Å². The molecule has 0 fully saturated rings. The molecule has 3 aromatic rings. The predicted molar refractivity (Wildman–Crippen MR) is 80.3 cm³/mol. The van der Waals surface area contributed by atoms with E-state index >= 15 is 0 Å². The molecule has 0 spiro atoms. The summed E-state index contributed by atoms with van der Waals surface area (Å²) in [5, 5.41) is 0. The monoisotopic (exact) mass is 266 g/mol. The van der Waals surface area contributed by atoms with Gasteiger partial charge in [-0.2, -0.15) is 0 Å². The summed E-state index contributed by atoms with van der Waals surface area (Å²) in [7, 11) is 2.04. The molecule has 0 radical (unpaired) electrons. The SMILES string of the molecule is Cc1ncccc1C(N)Cc1nc2ccccc2n1C. The van der Waals surface area contributed by atoms with Crippen molar-refractivity contribution in [2.75, 3.05) is 0 Å². The Balaban J connectivity index is 1.93. The van der Waals surface area contributed by atoms with Gasteiger partial charge in [-0.25, -0.2) is 4.98 Å². The fraction of sp³-hybridized carbons (Fsp3) is 0.250. The highest BCUT2D eigenvalue weighted by Gasteiger charge is 2.14. The molecule has 0 amide bonds. The molecule has 4 heteroatoms. The zero-order chi connectivity index (χ0) is 14.1. The van der Waals surface area contributed by atoms with Gasteiger partial charge in [-0.05, 0) is 30.7 Å². The van der Waals surface area contributed by atoms with E-state index in [0.717, 1.165) is 28.1 Å². The van der Waals surface area contributed by atoms with Crippen molar-refractivity contribution in [1.82, 2.24) is 14.5 Å². The molecule has 0 bridgehead atoms. The summed E-state index contributed by atoms with van der Waals surface area (Å²) >= 11 is 0. The molecule has 4 nitrogen and oxygen atoms in total. The van der Waals surface area contributed by atoms with Gasteiger partial charge in [0.1, 0.15) is 5.82 Å². The van der Waals surface area contributed by atoms with Crippen LogP contribution in [0.2, 0.25) is 0 Å². The third kappa shape index (κ3) is 2.18. The molecule has 2 aromatic heterocycles. The topological polar surface area (TPSA) is 56.7 Å². The van der Waals surface area contributed by atoms with Gasteiger partial charge >= 0.3 is 0 Å². The van der Waals surface area contributed by atoms with E-state index in [2.05, 4.69) is 20.6 Å². The Labute approximate surface area is 118 Å². The smallest absolute Gasteiger partial charge is 0.111 e. The van der Waals surface area contributed by atoms with Gasteiger partial charge < -0.3 is 10.3 Å². The first-order valence-corrected chi connectivity index (χ1v) is 6.74. The maximum Gasteiger partial charge on any atom is 0.111 e. The van der Waals surface area contributed by atoms with Crippen molar-refractivity contribution < 1.29 is 0 Å². The van der Waals surface area contributed by atoms with Crippen molar-refractivity contribution in [3.63, 3.8) is 0 Å². The van der Waals surface area contributed by atoms with E-state index < -0.39 is 0 Å². The van der Waals surface area contributed by atoms with Crippen molar-refractivity contribution in [2.24, 2.45) is 12.8 Å². The maximum absolute atomic E-state index is 6.33. The normalized spacial score (nSPS) is 12.8. The molecule has 2 heterocycles. The van der Waals surface area contributed by atoms with Crippen LogP contribution >= 0.6 is 0 Å². The van der Waals surface area contributed by atoms with Crippen LogP contribution in [0.1, 0.15) is 23.1 Å². The molecule has 1 unspecified atom stereocenters. The molecular weight excluding hydrogens is 248 g/mol. The Morgan fingerprint density at radius 1 is 1.20 bits per heavy atom. The van der Waals surface area contributed by atoms with Crippen molar-refractivity contribution >= 4 is 11.0 Å². The van der Waals surface area contributed by atoms with Crippen LogP contribution in [-0.2, 0) is 13.5 Å². The summed E-state index contributed by atoms with van der Waals surface area (Å²) < 4.78 is 2.11. The van der Waals surface area contributed by atoms with Crippen LogP contribution in [0, 0.1) is 6.92 Å². The minimum atomic E-state index is -0.0841. The second kappa shape index (κ2) is 5.06. The van der Waals surface area contributed by atoms with Gasteiger partial charge in [0.15, 0.2) is 0 Å². The standard InChI is InChI=1S/C16H18N4/c1-11-12(6-5-9-18-11)13(17)10-16-19-14-7-3-4-8-15(14)20(16)2/h3-9,13H,10,17H2,1-2H3. The predicted octanol–water partition coefficient (Wildman–Crippen LogP) is 2.52. The Bertz CT molecular complexity index is 745. The average Bonchev–Trinajstić information content (AvgIpc) is 2.76. The fourth-order valence-corrected chi connectivity index (χ4v) is 2.57. The quantitative estimate of drug-likeness (QED) is 0.792. The van der Waals surface area contributed by atoms with Crippen LogP contribution in [0.15, 0.2) is 42.6 Å². The molecule has 1 atom stereocenters. The number of hydrogen-bond donors (Lipinski definition) is 1. The molecule has 0 aliphatic heterocycles. The Morgan fingerprint density at radius 2 is 2.00 bits per heavy atom. The summed E-state index contributed by atoms with van der Waals surface area (Å²) in [6.07, 6.45) is 2.50. The second-order valence-electron chi connectivity index (χ2n) is 5.06. The van der Waals surface area contributed by atoms with Crippen LogP contribution in [0.3, 0.4) is 0 Å². The van der Waals surface area contributed by atoms with E-state index in [1.807, 2.05) is 44.3 Å². The van der Waals surface area contributed by atoms with Crippen LogP contribution < -0.4 is 5.73 Å². The Kier molecular flexibility index (Phi) is 3.24. The van der Waals surface area contributed by atoms with Crippen molar-refractivity contribution in [2.45, 2.75) is 19.4 Å². The molecule has 0 aliphatic carbocycles. The summed E-state index contributed by atoms with van der Waals surface area (Å²) in [6.45, 7) is 1.99. The lowest BCUT2D eigenvalue weighted by Crippen LogP contribution is -2.17. The molecule has 0 aliphatic rings. The number of hydrogen-bond acceptors (Lipinski definition) is 3. The van der Waals surface area contributed by atoms with E-state index in [1.165, 1.54) is 0 Å². The highest BCUT2D eigenvalue weighted by atomic mass is 15.1. The largest absolute Gasteiger partial charge is 0.331 e. The number of fused-ring (bicyclic) bond motifs is 1. The lowest BCUT2D eigenvalue weighted by atomic mass is 10.0. The highest BCUT2D eigenvalue weighted by Crippen LogP contribution is 2.20. The molecule has 102 valence electrons. The minimum absolute atomic E-state index is 0.0841. The molecule has 20 heavy (non-hydrogen) atoms. The van der Waals surface area contributed by atoms with Crippen LogP contribution in [0.25, 0.3) is 11.0 Å². The van der Waals surface area contributed by atoms with E-state index in [0.29, 0.717) is 6.42 Å². The molecular formula is C16H18N4. The first-order valence-electron chi connectivity index (χ1n) is 6.74. The molecule has 2 N–H and O–H groups in total. The Morgan fingerprint density at radius 3 is 2.75 bits per heavy atom. The van der Waals surface area contributed by atoms with Crippen LogP contribution in [0.4, 0.5) is 0 Å². The number of nitrogens with two attached hydrogens (primary N) is 1. The van der Waals surface area contributed by atoms with Gasteiger partial charge in [-0.3, -0.25) is 4.98 Å². The number of nitrogens with zero attached hydrogens (tertiary/aromatic N) is 3. The first-order chi connectivity index (χ1) is 9.66. The zero-order valence-corrected chi connectivity index (χ0v) is 11.7. The van der Waals surface area contributed by atoms with Crippen molar-refractivity contribution in [3.8, 4) is 0 Å². The molecule has 0 saturated carbocycles. The number of para-hydroxylation sites is 2. The summed E-state index contributed by atoms with van der Waals surface area (Å²) in [5.74, 6) is 1.00. The summed E-state index contributed by atoms with van der Waals surface area (Å²) in [6, 6.07) is 12.0. The van der Waals surface area contributed by atoms with Crippen molar-refractivity contribution in [1.29, 1.82) is 0 Å². The second-order valence-corrected chi connectivity index (χ2v) is 5.06. The third-order valence-electron chi connectivity index (χ3n) is 3.73. The summed E-state index contributed by atoms with van der Waals surface area (Å²) in [5.41, 5.74) is 10.5. The van der Waals surface area contributed by atoms with Gasteiger partial charge in [0, 0.05) is 31.4 Å². The Hall–Kier alpha value is -2.20. The number of rotatable bonds is 3. The van der Waals surface area contributed by atoms with E-state index in [9.17, 15) is 0 Å². The van der Waals surface area contributed by atoms with E-state index in [4.69, 9.17) is 5.73 Å².